The number of rotatable bonds is 1. The van der Waals surface area contributed by atoms with E-state index in [9.17, 15) is 0 Å². The molecular formula is C12H17IO. The molecule has 78 valence electrons. The van der Waals surface area contributed by atoms with Gasteiger partial charge < -0.3 is 4.74 Å². The second-order valence-electron chi connectivity index (χ2n) is 4.59. The summed E-state index contributed by atoms with van der Waals surface area (Å²) in [6.45, 7) is 10.4. The van der Waals surface area contributed by atoms with Gasteiger partial charge in [0, 0.05) is 3.57 Å². The zero-order valence-corrected chi connectivity index (χ0v) is 11.6. The molecule has 0 radical (unpaired) electrons. The average molecular weight is 304 g/mol. The Morgan fingerprint density at radius 1 is 1.07 bits per heavy atom. The Bertz CT molecular complexity index is 314. The third kappa shape index (κ3) is 3.15. The lowest BCUT2D eigenvalue weighted by atomic mass is 10.1. The van der Waals surface area contributed by atoms with Crippen LogP contribution in [0.4, 0.5) is 0 Å². The first-order valence-corrected chi connectivity index (χ1v) is 5.83. The van der Waals surface area contributed by atoms with E-state index in [-0.39, 0.29) is 5.60 Å². The lowest BCUT2D eigenvalue weighted by Crippen LogP contribution is -2.23. The Morgan fingerprint density at radius 2 is 1.50 bits per heavy atom. The van der Waals surface area contributed by atoms with Crippen molar-refractivity contribution in [3.8, 4) is 5.75 Å². The van der Waals surface area contributed by atoms with Crippen LogP contribution >= 0.6 is 22.6 Å². The third-order valence-electron chi connectivity index (χ3n) is 1.83. The van der Waals surface area contributed by atoms with Crippen LogP contribution in [0.3, 0.4) is 0 Å². The maximum Gasteiger partial charge on any atom is 0.120 e. The molecule has 1 aromatic carbocycles. The SMILES string of the molecule is Cc1cc(OC(C)(C)C)cc(C)c1I. The Morgan fingerprint density at radius 3 is 1.86 bits per heavy atom. The predicted octanol–water partition coefficient (Wildman–Crippen LogP) is 4.09. The van der Waals surface area contributed by atoms with E-state index in [4.69, 9.17) is 4.74 Å². The van der Waals surface area contributed by atoms with Crippen LogP contribution in [-0.4, -0.2) is 5.60 Å². The highest BCUT2D eigenvalue weighted by Crippen LogP contribution is 2.25. The minimum atomic E-state index is -0.119. The molecule has 0 amide bonds. The third-order valence-corrected chi connectivity index (χ3v) is 3.54. The van der Waals surface area contributed by atoms with Crippen LogP contribution in [-0.2, 0) is 0 Å². The molecule has 1 aromatic rings. The number of aryl methyl sites for hydroxylation is 2. The molecule has 0 heterocycles. The number of ether oxygens (including phenoxy) is 1. The molecule has 0 N–H and O–H groups in total. The molecular weight excluding hydrogens is 287 g/mol. The van der Waals surface area contributed by atoms with E-state index >= 15 is 0 Å². The van der Waals surface area contributed by atoms with Crippen molar-refractivity contribution >= 4 is 22.6 Å². The lowest BCUT2D eigenvalue weighted by molar-refractivity contribution is 0.131. The molecule has 0 aromatic heterocycles. The summed E-state index contributed by atoms with van der Waals surface area (Å²) in [5, 5.41) is 0. The number of hydrogen-bond donors (Lipinski definition) is 0. The lowest BCUT2D eigenvalue weighted by Gasteiger charge is -2.22. The maximum atomic E-state index is 5.82. The van der Waals surface area contributed by atoms with Crippen molar-refractivity contribution in [2.45, 2.75) is 40.2 Å². The van der Waals surface area contributed by atoms with Crippen molar-refractivity contribution in [2.75, 3.05) is 0 Å². The van der Waals surface area contributed by atoms with E-state index in [2.05, 4.69) is 69.3 Å². The molecule has 0 atom stereocenters. The molecule has 0 unspecified atom stereocenters. The van der Waals surface area contributed by atoms with E-state index in [1.807, 2.05) is 0 Å². The van der Waals surface area contributed by atoms with Crippen LogP contribution in [0, 0.1) is 17.4 Å². The summed E-state index contributed by atoms with van der Waals surface area (Å²) >= 11 is 2.37. The number of benzene rings is 1. The number of hydrogen-bond acceptors (Lipinski definition) is 1. The molecule has 0 bridgehead atoms. The molecule has 0 aliphatic heterocycles. The van der Waals surface area contributed by atoms with E-state index in [0.29, 0.717) is 0 Å². The van der Waals surface area contributed by atoms with Crippen molar-refractivity contribution in [1.82, 2.24) is 0 Å². The van der Waals surface area contributed by atoms with Crippen LogP contribution in [0.25, 0.3) is 0 Å². The standard InChI is InChI=1S/C12H17IO/c1-8-6-10(14-12(3,4)5)7-9(2)11(8)13/h6-7H,1-5H3. The van der Waals surface area contributed by atoms with Gasteiger partial charge in [0.2, 0.25) is 0 Å². The molecule has 0 saturated heterocycles. The Kier molecular flexibility index (Phi) is 3.45. The van der Waals surface area contributed by atoms with E-state index in [1.54, 1.807) is 0 Å². The van der Waals surface area contributed by atoms with E-state index in [1.165, 1.54) is 14.7 Å². The molecule has 0 spiro atoms. The summed E-state index contributed by atoms with van der Waals surface area (Å²) in [7, 11) is 0. The molecule has 14 heavy (non-hydrogen) atoms. The van der Waals surface area contributed by atoms with Gasteiger partial charge in [0.25, 0.3) is 0 Å². The van der Waals surface area contributed by atoms with Gasteiger partial charge >= 0.3 is 0 Å². The minimum absolute atomic E-state index is 0.119. The molecule has 0 saturated carbocycles. The van der Waals surface area contributed by atoms with Gasteiger partial charge in [-0.25, -0.2) is 0 Å². The fourth-order valence-corrected chi connectivity index (χ4v) is 1.63. The first kappa shape index (κ1) is 11.8. The van der Waals surface area contributed by atoms with Gasteiger partial charge in [-0.2, -0.15) is 0 Å². The Hall–Kier alpha value is -0.250. The Balaban J connectivity index is 3.02. The van der Waals surface area contributed by atoms with Gasteiger partial charge in [-0.1, -0.05) is 0 Å². The van der Waals surface area contributed by atoms with Gasteiger partial charge in [-0.05, 0) is 80.5 Å². The minimum Gasteiger partial charge on any atom is -0.488 e. The van der Waals surface area contributed by atoms with E-state index < -0.39 is 0 Å². The fraction of sp³-hybridized carbons (Fsp3) is 0.500. The summed E-state index contributed by atoms with van der Waals surface area (Å²) < 4.78 is 7.14. The van der Waals surface area contributed by atoms with Crippen LogP contribution < -0.4 is 4.74 Å². The maximum absolute atomic E-state index is 5.82. The van der Waals surface area contributed by atoms with Crippen molar-refractivity contribution in [3.05, 3.63) is 26.8 Å². The topological polar surface area (TPSA) is 9.23 Å². The first-order valence-electron chi connectivity index (χ1n) is 4.75. The van der Waals surface area contributed by atoms with Gasteiger partial charge in [-0.15, -0.1) is 0 Å². The molecule has 1 nitrogen and oxygen atoms in total. The fourth-order valence-electron chi connectivity index (χ4n) is 1.32. The van der Waals surface area contributed by atoms with Gasteiger partial charge in [-0.3, -0.25) is 0 Å². The van der Waals surface area contributed by atoms with E-state index in [0.717, 1.165) is 5.75 Å². The van der Waals surface area contributed by atoms with Gasteiger partial charge in [0.1, 0.15) is 11.4 Å². The van der Waals surface area contributed by atoms with Gasteiger partial charge in [0.15, 0.2) is 0 Å². The Labute approximate surface area is 100.0 Å². The summed E-state index contributed by atoms with van der Waals surface area (Å²) in [4.78, 5) is 0. The van der Waals surface area contributed by atoms with Crippen LogP contribution in [0.5, 0.6) is 5.75 Å². The monoisotopic (exact) mass is 304 g/mol. The zero-order valence-electron chi connectivity index (χ0n) is 9.44. The highest BCUT2D eigenvalue weighted by molar-refractivity contribution is 14.1. The smallest absolute Gasteiger partial charge is 0.120 e. The highest BCUT2D eigenvalue weighted by atomic mass is 127. The largest absolute Gasteiger partial charge is 0.488 e. The van der Waals surface area contributed by atoms with Crippen LogP contribution in [0.2, 0.25) is 0 Å². The molecule has 0 aliphatic carbocycles. The molecule has 1 rings (SSSR count). The quantitative estimate of drug-likeness (QED) is 0.710. The first-order chi connectivity index (χ1) is 6.29. The van der Waals surface area contributed by atoms with Crippen LogP contribution in [0.15, 0.2) is 12.1 Å². The molecule has 2 heteroatoms. The van der Waals surface area contributed by atoms with Crippen molar-refractivity contribution in [2.24, 2.45) is 0 Å². The van der Waals surface area contributed by atoms with Crippen LogP contribution in [0.1, 0.15) is 31.9 Å². The summed E-state index contributed by atoms with van der Waals surface area (Å²) in [6.07, 6.45) is 0. The predicted molar refractivity (Wildman–Crippen MR) is 69.0 cm³/mol. The number of halogens is 1. The molecule has 0 aliphatic rings. The zero-order chi connectivity index (χ0) is 10.9. The summed E-state index contributed by atoms with van der Waals surface area (Å²) in [6, 6.07) is 4.19. The summed E-state index contributed by atoms with van der Waals surface area (Å²) in [5.74, 6) is 0.966. The van der Waals surface area contributed by atoms with Crippen molar-refractivity contribution in [3.63, 3.8) is 0 Å². The van der Waals surface area contributed by atoms with Crippen molar-refractivity contribution in [1.29, 1.82) is 0 Å². The second-order valence-corrected chi connectivity index (χ2v) is 5.66. The van der Waals surface area contributed by atoms with Crippen molar-refractivity contribution < 1.29 is 4.74 Å². The molecule has 0 fully saturated rings. The normalized spacial score (nSPS) is 11.6. The van der Waals surface area contributed by atoms with Gasteiger partial charge in [0.05, 0.1) is 0 Å². The average Bonchev–Trinajstić information content (AvgIpc) is 1.96. The highest BCUT2D eigenvalue weighted by Gasteiger charge is 2.12. The summed E-state index contributed by atoms with van der Waals surface area (Å²) in [5.41, 5.74) is 2.45. The second kappa shape index (κ2) is 4.09.